The Kier molecular flexibility index (Phi) is 5.76. The first kappa shape index (κ1) is 16.0. The fourth-order valence-corrected chi connectivity index (χ4v) is 3.21. The van der Waals surface area contributed by atoms with Crippen molar-refractivity contribution in [3.8, 4) is 0 Å². The molecule has 2 amide bonds. The molecular weight excluding hydrogens is 288 g/mol. The third-order valence-corrected chi connectivity index (χ3v) is 4.51. The van der Waals surface area contributed by atoms with E-state index >= 15 is 0 Å². The molecule has 1 saturated heterocycles. The zero-order valence-electron chi connectivity index (χ0n) is 12.4. The summed E-state index contributed by atoms with van der Waals surface area (Å²) in [6.07, 6.45) is 1.19. The molecule has 1 aliphatic rings. The first-order valence-corrected chi connectivity index (χ1v) is 8.16. The highest BCUT2D eigenvalue weighted by Crippen LogP contribution is 2.25. The van der Waals surface area contributed by atoms with E-state index in [1.807, 2.05) is 11.4 Å². The average Bonchev–Trinajstić information content (AvgIpc) is 3.12. The topological polar surface area (TPSA) is 67.4 Å². The molecule has 0 spiro atoms. The van der Waals surface area contributed by atoms with E-state index in [9.17, 15) is 9.59 Å². The summed E-state index contributed by atoms with van der Waals surface area (Å²) in [6, 6.07) is 3.55. The van der Waals surface area contributed by atoms with Crippen molar-refractivity contribution in [2.24, 2.45) is 11.8 Å². The maximum atomic E-state index is 11.8. The zero-order valence-corrected chi connectivity index (χ0v) is 13.2. The van der Waals surface area contributed by atoms with Gasteiger partial charge in [0.25, 0.3) is 5.91 Å². The molecule has 6 heteroatoms. The summed E-state index contributed by atoms with van der Waals surface area (Å²) in [4.78, 5) is 24.1. The smallest absolute Gasteiger partial charge is 0.261 e. The summed E-state index contributed by atoms with van der Waals surface area (Å²) in [5.74, 6) is 0.452. The number of ether oxygens (including phenoxy) is 1. The highest BCUT2D eigenvalue weighted by Gasteiger charge is 2.30. The van der Waals surface area contributed by atoms with Crippen molar-refractivity contribution in [3.05, 3.63) is 22.4 Å². The van der Waals surface area contributed by atoms with Crippen molar-refractivity contribution < 1.29 is 14.3 Å². The number of carbonyl (C=O) groups is 2. The molecule has 0 radical (unpaired) electrons. The summed E-state index contributed by atoms with van der Waals surface area (Å²) < 4.78 is 5.69. The van der Waals surface area contributed by atoms with E-state index in [4.69, 9.17) is 4.74 Å². The van der Waals surface area contributed by atoms with Crippen LogP contribution in [0.15, 0.2) is 17.5 Å². The quantitative estimate of drug-likeness (QED) is 0.839. The van der Waals surface area contributed by atoms with Gasteiger partial charge >= 0.3 is 0 Å². The SMILES string of the molecule is CC(C)[C@H]1OCC[C@H]1CNC(=O)CNC(=O)c1cccs1. The molecule has 0 unspecified atom stereocenters. The van der Waals surface area contributed by atoms with Crippen molar-refractivity contribution in [3.63, 3.8) is 0 Å². The Hall–Kier alpha value is -1.40. The zero-order chi connectivity index (χ0) is 15.2. The number of amides is 2. The summed E-state index contributed by atoms with van der Waals surface area (Å²) >= 11 is 1.36. The minimum Gasteiger partial charge on any atom is -0.378 e. The molecule has 2 atom stereocenters. The van der Waals surface area contributed by atoms with Crippen molar-refractivity contribution in [1.29, 1.82) is 0 Å². The van der Waals surface area contributed by atoms with Gasteiger partial charge in [-0.3, -0.25) is 9.59 Å². The molecule has 0 aromatic carbocycles. The van der Waals surface area contributed by atoms with E-state index in [0.29, 0.717) is 23.3 Å². The van der Waals surface area contributed by atoms with Crippen LogP contribution in [0, 0.1) is 11.8 Å². The maximum Gasteiger partial charge on any atom is 0.261 e. The summed E-state index contributed by atoms with van der Waals surface area (Å²) in [6.45, 7) is 5.64. The summed E-state index contributed by atoms with van der Waals surface area (Å²) in [7, 11) is 0. The Morgan fingerprint density at radius 2 is 2.24 bits per heavy atom. The van der Waals surface area contributed by atoms with Gasteiger partial charge in [0.05, 0.1) is 17.5 Å². The molecule has 21 heavy (non-hydrogen) atoms. The standard InChI is InChI=1S/C15H22N2O3S/c1-10(2)14-11(5-6-20-14)8-16-13(18)9-17-15(19)12-4-3-7-21-12/h3-4,7,10-11,14H,5-6,8-9H2,1-2H3,(H,16,18)(H,17,19)/t11-,14+/m0/s1. The summed E-state index contributed by atoms with van der Waals surface area (Å²) in [5, 5.41) is 7.34. The largest absolute Gasteiger partial charge is 0.378 e. The monoisotopic (exact) mass is 310 g/mol. The molecule has 0 aliphatic carbocycles. The first-order valence-electron chi connectivity index (χ1n) is 7.28. The van der Waals surface area contributed by atoms with E-state index in [-0.39, 0.29) is 24.5 Å². The first-order chi connectivity index (χ1) is 10.1. The van der Waals surface area contributed by atoms with Crippen LogP contribution < -0.4 is 10.6 Å². The van der Waals surface area contributed by atoms with Crippen LogP contribution in [0.4, 0.5) is 0 Å². The fourth-order valence-electron chi connectivity index (χ4n) is 2.57. The lowest BCUT2D eigenvalue weighted by Gasteiger charge is -2.22. The predicted octanol–water partition coefficient (Wildman–Crippen LogP) is 1.66. The Balaban J connectivity index is 1.69. The molecule has 5 nitrogen and oxygen atoms in total. The third kappa shape index (κ3) is 4.54. The molecule has 0 saturated carbocycles. The van der Waals surface area contributed by atoms with E-state index in [1.54, 1.807) is 6.07 Å². The van der Waals surface area contributed by atoms with Crippen molar-refractivity contribution in [2.45, 2.75) is 26.4 Å². The molecular formula is C15H22N2O3S. The van der Waals surface area contributed by atoms with Crippen LogP contribution in [0.2, 0.25) is 0 Å². The minimum atomic E-state index is -0.204. The molecule has 2 N–H and O–H groups in total. The van der Waals surface area contributed by atoms with Crippen LogP contribution >= 0.6 is 11.3 Å². The van der Waals surface area contributed by atoms with Gasteiger partial charge in [-0.1, -0.05) is 19.9 Å². The van der Waals surface area contributed by atoms with Crippen LogP contribution in [0.25, 0.3) is 0 Å². The molecule has 2 heterocycles. The van der Waals surface area contributed by atoms with Crippen molar-refractivity contribution >= 4 is 23.2 Å². The molecule has 116 valence electrons. The highest BCUT2D eigenvalue weighted by atomic mass is 32.1. The van der Waals surface area contributed by atoms with Crippen LogP contribution in [0.5, 0.6) is 0 Å². The van der Waals surface area contributed by atoms with Gasteiger partial charge in [0, 0.05) is 19.1 Å². The second-order valence-electron chi connectivity index (χ2n) is 5.59. The van der Waals surface area contributed by atoms with Crippen LogP contribution in [0.3, 0.4) is 0 Å². The maximum absolute atomic E-state index is 11.8. The number of nitrogens with one attached hydrogen (secondary N) is 2. The number of carbonyl (C=O) groups excluding carboxylic acids is 2. The fraction of sp³-hybridized carbons (Fsp3) is 0.600. The lowest BCUT2D eigenvalue weighted by atomic mass is 9.93. The van der Waals surface area contributed by atoms with Gasteiger partial charge in [0.15, 0.2) is 0 Å². The van der Waals surface area contributed by atoms with Gasteiger partial charge in [-0.25, -0.2) is 0 Å². The van der Waals surface area contributed by atoms with Gasteiger partial charge in [-0.15, -0.1) is 11.3 Å². The van der Waals surface area contributed by atoms with E-state index < -0.39 is 0 Å². The lowest BCUT2D eigenvalue weighted by Crippen LogP contribution is -2.40. The Bertz CT molecular complexity index is 473. The molecule has 1 aromatic rings. The van der Waals surface area contributed by atoms with Gasteiger partial charge in [0.1, 0.15) is 0 Å². The van der Waals surface area contributed by atoms with E-state index in [1.165, 1.54) is 11.3 Å². The van der Waals surface area contributed by atoms with Crippen LogP contribution in [0.1, 0.15) is 29.9 Å². The van der Waals surface area contributed by atoms with Gasteiger partial charge in [-0.05, 0) is 23.8 Å². The molecule has 1 aliphatic heterocycles. The average molecular weight is 310 g/mol. The number of thiophene rings is 1. The van der Waals surface area contributed by atoms with E-state index in [0.717, 1.165) is 13.0 Å². The molecule has 2 rings (SSSR count). The highest BCUT2D eigenvalue weighted by molar-refractivity contribution is 7.12. The lowest BCUT2D eigenvalue weighted by molar-refractivity contribution is -0.120. The van der Waals surface area contributed by atoms with Crippen LogP contribution in [-0.2, 0) is 9.53 Å². The number of rotatable bonds is 6. The van der Waals surface area contributed by atoms with Gasteiger partial charge < -0.3 is 15.4 Å². The van der Waals surface area contributed by atoms with Crippen molar-refractivity contribution in [2.75, 3.05) is 19.7 Å². The van der Waals surface area contributed by atoms with Gasteiger partial charge in [-0.2, -0.15) is 0 Å². The number of hydrogen-bond acceptors (Lipinski definition) is 4. The normalized spacial score (nSPS) is 21.5. The third-order valence-electron chi connectivity index (χ3n) is 3.64. The Morgan fingerprint density at radius 1 is 1.43 bits per heavy atom. The Labute approximate surface area is 129 Å². The van der Waals surface area contributed by atoms with Gasteiger partial charge in [0.2, 0.25) is 5.91 Å². The Morgan fingerprint density at radius 3 is 2.90 bits per heavy atom. The second kappa shape index (κ2) is 7.56. The van der Waals surface area contributed by atoms with Crippen molar-refractivity contribution in [1.82, 2.24) is 10.6 Å². The molecule has 0 bridgehead atoms. The minimum absolute atomic E-state index is 0.0106. The number of hydrogen-bond donors (Lipinski definition) is 2. The van der Waals surface area contributed by atoms with E-state index in [2.05, 4.69) is 24.5 Å². The molecule has 1 aromatic heterocycles. The summed E-state index contributed by atoms with van der Waals surface area (Å²) in [5.41, 5.74) is 0. The van der Waals surface area contributed by atoms with Crippen LogP contribution in [-0.4, -0.2) is 37.6 Å². The molecule has 1 fully saturated rings. The second-order valence-corrected chi connectivity index (χ2v) is 6.54. The predicted molar refractivity (Wildman–Crippen MR) is 82.3 cm³/mol.